The Balaban J connectivity index is 1.98. The Hall–Kier alpha value is -3.25. The van der Waals surface area contributed by atoms with Crippen molar-refractivity contribution in [1.29, 1.82) is 0 Å². The summed E-state index contributed by atoms with van der Waals surface area (Å²) in [4.78, 5) is 14.6. The van der Waals surface area contributed by atoms with Gasteiger partial charge in [0, 0.05) is 36.5 Å². The first-order valence-electron chi connectivity index (χ1n) is 9.31. The van der Waals surface area contributed by atoms with Crippen LogP contribution in [0, 0.1) is 0 Å². The predicted molar refractivity (Wildman–Crippen MR) is 108 cm³/mol. The van der Waals surface area contributed by atoms with Crippen LogP contribution in [-0.2, 0) is 14.9 Å². The van der Waals surface area contributed by atoms with Crippen LogP contribution in [-0.4, -0.2) is 45.3 Å². The molecule has 12 heteroatoms. The standard InChI is InChI=1S/C20H16F3NO7S/c21-20(22,23)32(27,28)31-15-11-13(24-6-8-29-9-7-24)10-14-16(15)17(25)18(26)19(30-14)12-4-2-1-3-5-12/h1-5,10-11,26H,6-9H2. The van der Waals surface area contributed by atoms with Gasteiger partial charge >= 0.3 is 15.6 Å². The lowest BCUT2D eigenvalue weighted by Crippen LogP contribution is -2.36. The molecule has 4 rings (SSSR count). The quantitative estimate of drug-likeness (QED) is 0.457. The van der Waals surface area contributed by atoms with Gasteiger partial charge in [0.05, 0.1) is 13.2 Å². The maximum Gasteiger partial charge on any atom is 0.534 e. The lowest BCUT2D eigenvalue weighted by Gasteiger charge is -2.29. The Morgan fingerprint density at radius 2 is 1.72 bits per heavy atom. The van der Waals surface area contributed by atoms with Crippen molar-refractivity contribution < 1.29 is 40.0 Å². The third kappa shape index (κ3) is 3.98. The van der Waals surface area contributed by atoms with E-state index in [-0.39, 0.29) is 17.0 Å². The van der Waals surface area contributed by atoms with Crippen LogP contribution in [0.1, 0.15) is 0 Å². The van der Waals surface area contributed by atoms with Crippen LogP contribution in [0.3, 0.4) is 0 Å². The van der Waals surface area contributed by atoms with Gasteiger partial charge in [0.2, 0.25) is 11.2 Å². The second kappa shape index (κ2) is 8.02. The van der Waals surface area contributed by atoms with Gasteiger partial charge in [0.25, 0.3) is 0 Å². The molecule has 0 amide bonds. The molecule has 0 aliphatic carbocycles. The van der Waals surface area contributed by atoms with E-state index < -0.39 is 37.9 Å². The molecule has 0 atom stereocenters. The molecule has 2 aromatic carbocycles. The Kier molecular flexibility index (Phi) is 5.51. The van der Waals surface area contributed by atoms with Gasteiger partial charge in [-0.05, 0) is 0 Å². The van der Waals surface area contributed by atoms with E-state index in [2.05, 4.69) is 4.18 Å². The first kappa shape index (κ1) is 22.0. The predicted octanol–water partition coefficient (Wildman–Crippen LogP) is 3.23. The third-order valence-corrected chi connectivity index (χ3v) is 5.78. The van der Waals surface area contributed by atoms with Gasteiger partial charge in [-0.25, -0.2) is 0 Å². The van der Waals surface area contributed by atoms with Crippen molar-refractivity contribution in [3.63, 3.8) is 0 Å². The molecule has 170 valence electrons. The molecule has 8 nitrogen and oxygen atoms in total. The zero-order valence-corrected chi connectivity index (χ0v) is 17.1. The van der Waals surface area contributed by atoms with E-state index in [1.807, 2.05) is 0 Å². The fourth-order valence-electron chi connectivity index (χ4n) is 3.28. The topological polar surface area (TPSA) is 106 Å². The second-order valence-corrected chi connectivity index (χ2v) is 8.41. The zero-order valence-electron chi connectivity index (χ0n) is 16.3. The molecule has 2 heterocycles. The first-order valence-corrected chi connectivity index (χ1v) is 10.7. The van der Waals surface area contributed by atoms with Crippen LogP contribution in [0.4, 0.5) is 18.9 Å². The smallest absolute Gasteiger partial charge is 0.502 e. The molecule has 0 unspecified atom stereocenters. The molecule has 3 aromatic rings. The van der Waals surface area contributed by atoms with Crippen LogP contribution >= 0.6 is 0 Å². The van der Waals surface area contributed by atoms with E-state index in [0.29, 0.717) is 31.9 Å². The van der Waals surface area contributed by atoms with Crippen LogP contribution in [0.5, 0.6) is 11.5 Å². The molecule has 1 fully saturated rings. The van der Waals surface area contributed by atoms with E-state index in [4.69, 9.17) is 9.15 Å². The second-order valence-electron chi connectivity index (χ2n) is 6.87. The van der Waals surface area contributed by atoms with E-state index in [1.165, 1.54) is 6.07 Å². The normalized spacial score (nSPS) is 15.2. The minimum Gasteiger partial charge on any atom is -0.502 e. The number of aromatic hydroxyl groups is 1. The fraction of sp³-hybridized carbons (Fsp3) is 0.250. The minimum absolute atomic E-state index is 0.216. The lowest BCUT2D eigenvalue weighted by molar-refractivity contribution is -0.0499. The molecule has 32 heavy (non-hydrogen) atoms. The van der Waals surface area contributed by atoms with Crippen molar-refractivity contribution >= 4 is 26.8 Å². The molecule has 0 bridgehead atoms. The van der Waals surface area contributed by atoms with E-state index >= 15 is 0 Å². The maximum absolute atomic E-state index is 12.9. The van der Waals surface area contributed by atoms with Gasteiger partial charge in [-0.1, -0.05) is 30.3 Å². The molecule has 0 saturated carbocycles. The number of rotatable bonds is 4. The van der Waals surface area contributed by atoms with Gasteiger partial charge in [0.1, 0.15) is 11.0 Å². The summed E-state index contributed by atoms with van der Waals surface area (Å²) in [5.41, 5.74) is -6.50. The molecule has 1 aromatic heterocycles. The number of benzene rings is 2. The summed E-state index contributed by atoms with van der Waals surface area (Å²) >= 11 is 0. The van der Waals surface area contributed by atoms with Gasteiger partial charge in [-0.2, -0.15) is 21.6 Å². The average Bonchev–Trinajstić information content (AvgIpc) is 2.76. The summed E-state index contributed by atoms with van der Waals surface area (Å²) in [5, 5.41) is 9.76. The number of nitrogens with zero attached hydrogens (tertiary/aromatic N) is 1. The molecule has 1 saturated heterocycles. The van der Waals surface area contributed by atoms with Crippen molar-refractivity contribution in [2.75, 3.05) is 31.2 Å². The SMILES string of the molecule is O=c1c(O)c(-c2ccccc2)oc2cc(N3CCOCC3)cc(OS(=O)(=O)C(F)(F)F)c12. The lowest BCUT2D eigenvalue weighted by atomic mass is 10.1. The van der Waals surface area contributed by atoms with Crippen molar-refractivity contribution in [3.8, 4) is 22.8 Å². The average molecular weight is 471 g/mol. The Morgan fingerprint density at radius 1 is 1.06 bits per heavy atom. The number of anilines is 1. The molecule has 1 aliphatic heterocycles. The number of hydrogen-bond acceptors (Lipinski definition) is 8. The molecule has 0 spiro atoms. The monoisotopic (exact) mass is 471 g/mol. The zero-order chi connectivity index (χ0) is 23.1. The third-order valence-electron chi connectivity index (χ3n) is 4.82. The van der Waals surface area contributed by atoms with Crippen molar-refractivity contribution in [2.45, 2.75) is 5.51 Å². The number of halogens is 3. The highest BCUT2D eigenvalue weighted by Crippen LogP contribution is 2.38. The highest BCUT2D eigenvalue weighted by atomic mass is 32.2. The number of alkyl halides is 3. The van der Waals surface area contributed by atoms with Gasteiger partial charge in [-0.3, -0.25) is 4.79 Å². The largest absolute Gasteiger partial charge is 0.534 e. The maximum atomic E-state index is 12.9. The van der Waals surface area contributed by atoms with Gasteiger partial charge in [-0.15, -0.1) is 0 Å². The summed E-state index contributed by atoms with van der Waals surface area (Å²) < 4.78 is 77.4. The summed E-state index contributed by atoms with van der Waals surface area (Å²) in [6.07, 6.45) is 0. The highest BCUT2D eigenvalue weighted by molar-refractivity contribution is 7.88. The van der Waals surface area contributed by atoms with Crippen molar-refractivity contribution in [1.82, 2.24) is 0 Å². The molecular formula is C20H16F3NO7S. The number of ether oxygens (including phenoxy) is 1. The number of morpholine rings is 1. The summed E-state index contributed by atoms with van der Waals surface area (Å²) in [6, 6.07) is 10.4. The minimum atomic E-state index is -6.09. The van der Waals surface area contributed by atoms with Crippen LogP contribution in [0.15, 0.2) is 51.7 Å². The van der Waals surface area contributed by atoms with Crippen molar-refractivity contribution in [2.24, 2.45) is 0 Å². The summed E-state index contributed by atoms with van der Waals surface area (Å²) in [7, 11) is -6.09. The van der Waals surface area contributed by atoms with Crippen LogP contribution in [0.2, 0.25) is 0 Å². The van der Waals surface area contributed by atoms with E-state index in [0.717, 1.165) is 6.07 Å². The van der Waals surface area contributed by atoms with E-state index in [9.17, 15) is 31.5 Å². The molecular weight excluding hydrogens is 455 g/mol. The first-order chi connectivity index (χ1) is 15.1. The van der Waals surface area contributed by atoms with Gasteiger partial charge < -0.3 is 23.3 Å². The fourth-order valence-corrected chi connectivity index (χ4v) is 3.74. The molecule has 1 N–H and O–H groups in total. The van der Waals surface area contributed by atoms with Crippen molar-refractivity contribution in [3.05, 3.63) is 52.7 Å². The van der Waals surface area contributed by atoms with Gasteiger partial charge in [0.15, 0.2) is 11.5 Å². The summed E-state index contributed by atoms with van der Waals surface area (Å²) in [5.74, 6) is -2.01. The Morgan fingerprint density at radius 3 is 2.34 bits per heavy atom. The molecule has 1 aliphatic rings. The number of hydrogen-bond donors (Lipinski definition) is 1. The Labute approximate surface area is 179 Å². The van der Waals surface area contributed by atoms with Crippen LogP contribution in [0.25, 0.3) is 22.3 Å². The highest BCUT2D eigenvalue weighted by Gasteiger charge is 2.49. The summed E-state index contributed by atoms with van der Waals surface area (Å²) in [6.45, 7) is 1.41. The van der Waals surface area contributed by atoms with Crippen LogP contribution < -0.4 is 14.5 Å². The van der Waals surface area contributed by atoms with E-state index in [1.54, 1.807) is 35.2 Å². The Bertz CT molecular complexity index is 1320. The number of fused-ring (bicyclic) bond motifs is 1. The molecule has 0 radical (unpaired) electrons.